The van der Waals surface area contributed by atoms with Gasteiger partial charge in [0.1, 0.15) is 18.5 Å². The Hall–Kier alpha value is -5.25. The number of carbonyl (C=O) groups is 2. The number of halogens is 2. The summed E-state index contributed by atoms with van der Waals surface area (Å²) in [6.07, 6.45) is 3.38. The van der Waals surface area contributed by atoms with Gasteiger partial charge in [-0.25, -0.2) is 14.4 Å². The van der Waals surface area contributed by atoms with Gasteiger partial charge in [0.25, 0.3) is 11.5 Å². The molecule has 284 valence electrons. The van der Waals surface area contributed by atoms with Gasteiger partial charge in [0.2, 0.25) is 11.7 Å². The molecule has 3 fully saturated rings. The molecule has 4 aliphatic rings. The van der Waals surface area contributed by atoms with E-state index in [0.717, 1.165) is 18.4 Å². The summed E-state index contributed by atoms with van der Waals surface area (Å²) in [5.41, 5.74) is 0.820. The van der Waals surface area contributed by atoms with Gasteiger partial charge >= 0.3 is 0 Å². The highest BCUT2D eigenvalue weighted by Gasteiger charge is 2.51. The minimum atomic E-state index is -1.43. The molecule has 9 rings (SSSR count). The van der Waals surface area contributed by atoms with Crippen LogP contribution in [0.4, 0.5) is 10.1 Å². The van der Waals surface area contributed by atoms with Crippen molar-refractivity contribution >= 4 is 34.9 Å². The Balaban J connectivity index is 1.08. The number of hydrogen-bond acceptors (Lipinski definition) is 10. The first kappa shape index (κ1) is 35.5. The zero-order valence-electron chi connectivity index (χ0n) is 30.6. The van der Waals surface area contributed by atoms with E-state index < -0.39 is 34.7 Å². The molecule has 1 unspecified atom stereocenters. The Morgan fingerprint density at radius 1 is 1.09 bits per heavy atom. The topological polar surface area (TPSA) is 160 Å². The summed E-state index contributed by atoms with van der Waals surface area (Å²) >= 11 is 6.61. The molecular weight excluding hydrogens is 729 g/mol. The number of alkyl halides is 1. The van der Waals surface area contributed by atoms with E-state index in [4.69, 9.17) is 21.3 Å². The third kappa shape index (κ3) is 5.96. The molecule has 2 aromatic carbocycles. The Morgan fingerprint density at radius 2 is 1.82 bits per heavy atom. The molecule has 1 spiro atoms. The smallest absolute Gasteiger partial charge is 0.282 e. The molecule has 2 amide bonds. The Kier molecular flexibility index (Phi) is 8.33. The summed E-state index contributed by atoms with van der Waals surface area (Å²) in [5.74, 6) is -0.239. The zero-order chi connectivity index (χ0) is 38.4. The van der Waals surface area contributed by atoms with Gasteiger partial charge in [-0.2, -0.15) is 9.50 Å². The maximum atomic E-state index is 15.4. The van der Waals surface area contributed by atoms with Gasteiger partial charge in [-0.3, -0.25) is 19.3 Å². The van der Waals surface area contributed by atoms with Crippen LogP contribution < -0.4 is 10.9 Å². The van der Waals surface area contributed by atoms with Crippen LogP contribution in [0, 0.1) is 6.92 Å². The van der Waals surface area contributed by atoms with Crippen molar-refractivity contribution in [3.05, 3.63) is 97.9 Å². The van der Waals surface area contributed by atoms with Crippen LogP contribution in [-0.2, 0) is 27.3 Å². The predicted octanol–water partition coefficient (Wildman–Crippen LogP) is 4.86. The number of amides is 2. The van der Waals surface area contributed by atoms with Crippen LogP contribution >= 0.6 is 11.6 Å². The van der Waals surface area contributed by atoms with Crippen LogP contribution in [0.2, 0.25) is 5.02 Å². The lowest BCUT2D eigenvalue weighted by Gasteiger charge is -2.42. The second kappa shape index (κ2) is 12.9. The van der Waals surface area contributed by atoms with Crippen molar-refractivity contribution in [3.63, 3.8) is 0 Å². The Morgan fingerprint density at radius 3 is 2.49 bits per heavy atom. The zero-order valence-corrected chi connectivity index (χ0v) is 31.3. The maximum Gasteiger partial charge on any atom is 0.282 e. The molecule has 0 radical (unpaired) electrons. The van der Waals surface area contributed by atoms with Gasteiger partial charge in [0.05, 0.1) is 33.8 Å². The normalized spacial score (nSPS) is 20.1. The molecular formula is C39H39ClFN9O5. The van der Waals surface area contributed by atoms with Crippen molar-refractivity contribution in [3.8, 4) is 17.1 Å². The number of likely N-dealkylation sites (N-methyl/N-ethyl adjacent to an activating group) is 1. The number of fused-ring (bicyclic) bond motifs is 3. The van der Waals surface area contributed by atoms with Gasteiger partial charge in [0, 0.05) is 31.7 Å². The molecule has 14 nitrogen and oxygen atoms in total. The lowest BCUT2D eigenvalue weighted by Crippen LogP contribution is -2.54. The fourth-order valence-corrected chi connectivity index (χ4v) is 8.65. The molecule has 5 aromatic rings. The number of carbonyl (C=O) groups excluding carboxylic acids is 2. The third-order valence-electron chi connectivity index (χ3n) is 11.4. The second-order valence-electron chi connectivity index (χ2n) is 15.3. The minimum absolute atomic E-state index is 0.0909. The van der Waals surface area contributed by atoms with E-state index in [1.54, 1.807) is 46.7 Å². The molecule has 6 heterocycles. The van der Waals surface area contributed by atoms with Crippen LogP contribution in [0.3, 0.4) is 0 Å². The summed E-state index contributed by atoms with van der Waals surface area (Å²) in [6.45, 7) is 4.21. The van der Waals surface area contributed by atoms with Gasteiger partial charge in [-0.1, -0.05) is 41.9 Å². The van der Waals surface area contributed by atoms with Crippen LogP contribution in [0.5, 0.6) is 5.75 Å². The molecule has 1 atom stereocenters. The van der Waals surface area contributed by atoms with Crippen molar-refractivity contribution in [2.24, 2.45) is 0 Å². The molecule has 1 aliphatic carbocycles. The number of rotatable bonds is 7. The number of anilines is 1. The summed E-state index contributed by atoms with van der Waals surface area (Å²) in [5, 5.41) is 18.5. The number of nitrogens with zero attached hydrogens (tertiary/aromatic N) is 8. The third-order valence-corrected chi connectivity index (χ3v) is 11.7. The van der Waals surface area contributed by atoms with E-state index in [2.05, 4.69) is 20.4 Å². The predicted molar refractivity (Wildman–Crippen MR) is 200 cm³/mol. The van der Waals surface area contributed by atoms with Crippen molar-refractivity contribution in [2.75, 3.05) is 38.5 Å². The lowest BCUT2D eigenvalue weighted by atomic mass is 9.85. The quantitative estimate of drug-likeness (QED) is 0.234. The van der Waals surface area contributed by atoms with Crippen molar-refractivity contribution in [1.82, 2.24) is 38.9 Å². The van der Waals surface area contributed by atoms with E-state index in [-0.39, 0.29) is 55.5 Å². The van der Waals surface area contributed by atoms with Crippen molar-refractivity contribution < 1.29 is 23.8 Å². The Bertz CT molecular complexity index is 2450. The number of piperidine rings is 1. The Labute approximate surface area is 319 Å². The molecule has 55 heavy (non-hydrogen) atoms. The second-order valence-corrected chi connectivity index (χ2v) is 15.7. The maximum absolute atomic E-state index is 15.4. The minimum Gasteiger partial charge on any atom is -0.504 e. The van der Waals surface area contributed by atoms with Crippen molar-refractivity contribution in [1.29, 1.82) is 0 Å². The largest absolute Gasteiger partial charge is 0.504 e. The first-order valence-corrected chi connectivity index (χ1v) is 18.8. The number of likely N-dealkylation sites (tertiary alicyclic amines) is 2. The molecule has 2 N–H and O–H groups in total. The van der Waals surface area contributed by atoms with Crippen LogP contribution in [0.15, 0.2) is 53.6 Å². The summed E-state index contributed by atoms with van der Waals surface area (Å²) in [4.78, 5) is 58.1. The fraction of sp³-hybridized carbons (Fsp3) is 0.410. The van der Waals surface area contributed by atoms with Gasteiger partial charge in [-0.05, 0) is 75.8 Å². The standard InChI is InChI=1S/C39H39ClFN9O5/c1-21-33(52)31(43-20-42-21)36(54)48-14-12-39(13-15-48)30-32(22(2)55-39)49(17-29(51)44-28-11-8-25(16-27(28)40)23-4-5-23)37-45-34(46-50(37)35(30)53)24-6-9-26(10-7-24)38(41)18-47(3)19-38/h6-11,16,20,22-23,52H,4-5,12-15,17-19H2,1-3H3,(H,44,51). The number of aromatic nitrogens is 6. The van der Waals surface area contributed by atoms with Gasteiger partial charge in [0.15, 0.2) is 22.9 Å². The van der Waals surface area contributed by atoms with E-state index in [1.165, 1.54) is 10.8 Å². The SMILES string of the molecule is Cc1ncnc(C(=O)N2CCC3(CC2)OC(C)c2c3c(=O)n3nc(-c4ccc(C5(F)CN(C)C5)cc4)nc3n2CC(=O)Nc2ccc(C3CC3)cc2Cl)c1O. The van der Waals surface area contributed by atoms with Crippen LogP contribution in [0.25, 0.3) is 17.2 Å². The van der Waals surface area contributed by atoms with Crippen LogP contribution in [-0.4, -0.2) is 89.1 Å². The highest BCUT2D eigenvalue weighted by molar-refractivity contribution is 6.33. The average Bonchev–Trinajstić information content (AvgIpc) is 3.84. The van der Waals surface area contributed by atoms with Gasteiger partial charge in [-0.15, -0.1) is 5.10 Å². The van der Waals surface area contributed by atoms with Crippen molar-refractivity contribution in [2.45, 2.75) is 69.4 Å². The molecule has 0 bridgehead atoms. The summed E-state index contributed by atoms with van der Waals surface area (Å²) in [6, 6.07) is 12.6. The molecule has 2 saturated heterocycles. The summed E-state index contributed by atoms with van der Waals surface area (Å²) < 4.78 is 24.9. The monoisotopic (exact) mass is 767 g/mol. The van der Waals surface area contributed by atoms with Gasteiger partial charge < -0.3 is 24.6 Å². The first-order chi connectivity index (χ1) is 26.3. The van der Waals surface area contributed by atoms with Crippen LogP contribution in [0.1, 0.15) is 83.2 Å². The number of nitrogens with one attached hydrogen (secondary N) is 1. The van der Waals surface area contributed by atoms with E-state index in [0.29, 0.717) is 57.8 Å². The molecule has 3 aromatic heterocycles. The van der Waals surface area contributed by atoms with E-state index in [1.807, 2.05) is 31.0 Å². The molecule has 1 saturated carbocycles. The summed E-state index contributed by atoms with van der Waals surface area (Å²) in [7, 11) is 1.87. The van der Waals surface area contributed by atoms with E-state index >= 15 is 4.39 Å². The highest BCUT2D eigenvalue weighted by Crippen LogP contribution is 2.48. The number of aryl methyl sites for hydroxylation is 1. The number of ether oxygens (including phenoxy) is 1. The number of benzene rings is 2. The first-order valence-electron chi connectivity index (χ1n) is 18.4. The average molecular weight is 768 g/mol. The molecule has 16 heteroatoms. The molecule has 3 aliphatic heterocycles. The number of aromatic hydroxyl groups is 1. The van der Waals surface area contributed by atoms with E-state index in [9.17, 15) is 19.5 Å². The highest BCUT2D eigenvalue weighted by atomic mass is 35.5. The number of hydrogen-bond donors (Lipinski definition) is 2. The lowest BCUT2D eigenvalue weighted by molar-refractivity contribution is -0.116. The fourth-order valence-electron chi connectivity index (χ4n) is 8.41.